The summed E-state index contributed by atoms with van der Waals surface area (Å²) in [7, 11) is 1.51. The average Bonchev–Trinajstić information content (AvgIpc) is 2.14. The summed E-state index contributed by atoms with van der Waals surface area (Å²) in [5.41, 5.74) is 1.35. The first-order chi connectivity index (χ1) is 6.92. The normalized spacial score (nSPS) is 13.9. The van der Waals surface area contributed by atoms with Gasteiger partial charge in [-0.25, -0.2) is 0 Å². The van der Waals surface area contributed by atoms with Crippen LogP contribution in [-0.4, -0.2) is 18.2 Å². The lowest BCUT2D eigenvalue weighted by atomic mass is 10.1. The Balaban J connectivity index is 2.79. The van der Waals surface area contributed by atoms with Crippen LogP contribution in [0.1, 0.15) is 23.7 Å². The molecule has 0 saturated heterocycles. The van der Waals surface area contributed by atoms with Crippen molar-refractivity contribution in [3.8, 4) is 0 Å². The third-order valence-corrected chi connectivity index (χ3v) is 2.12. The van der Waals surface area contributed by atoms with Gasteiger partial charge in [-0.1, -0.05) is 6.07 Å². The Labute approximate surface area is 86.5 Å². The fourth-order valence-corrected chi connectivity index (χ4v) is 1.30. The van der Waals surface area contributed by atoms with Crippen molar-refractivity contribution in [1.82, 2.24) is 10.3 Å². The molecule has 1 heterocycles. The number of nitrogens with zero attached hydrogens (tertiary/aromatic N) is 1. The molecule has 1 rings (SSSR count). The number of nitrogens with one attached hydrogen (secondary N) is 1. The van der Waals surface area contributed by atoms with Gasteiger partial charge in [0.2, 0.25) is 0 Å². The van der Waals surface area contributed by atoms with Gasteiger partial charge >= 0.3 is 6.18 Å². The Hall–Kier alpha value is -1.10. The Morgan fingerprint density at radius 3 is 2.47 bits per heavy atom. The zero-order chi connectivity index (χ0) is 11.5. The molecule has 1 atom stereocenters. The zero-order valence-electron chi connectivity index (χ0n) is 8.60. The topological polar surface area (TPSA) is 24.9 Å². The molecule has 1 aromatic heterocycles. The van der Waals surface area contributed by atoms with Crippen LogP contribution < -0.4 is 5.32 Å². The van der Waals surface area contributed by atoms with Gasteiger partial charge in [0.05, 0.1) is 6.42 Å². The van der Waals surface area contributed by atoms with Crippen molar-refractivity contribution in [3.63, 3.8) is 0 Å². The minimum Gasteiger partial charge on any atom is -0.313 e. The molecule has 0 amide bonds. The van der Waals surface area contributed by atoms with Gasteiger partial charge in [0.15, 0.2) is 0 Å². The highest BCUT2D eigenvalue weighted by Gasteiger charge is 2.31. The van der Waals surface area contributed by atoms with Crippen LogP contribution in [0.2, 0.25) is 0 Å². The molecule has 0 fully saturated rings. The van der Waals surface area contributed by atoms with Gasteiger partial charge in [-0.15, -0.1) is 0 Å². The lowest BCUT2D eigenvalue weighted by Crippen LogP contribution is -2.23. The van der Waals surface area contributed by atoms with Crippen LogP contribution in [-0.2, 0) is 0 Å². The standard InChI is InChI=1S/C10H13F3N2/c1-7-3-4-8(6-15-7)9(14-2)5-10(11,12)13/h3-4,6,9,14H,5H2,1-2H3. The summed E-state index contributed by atoms with van der Waals surface area (Å²) in [5, 5.41) is 2.63. The van der Waals surface area contributed by atoms with Crippen molar-refractivity contribution in [2.75, 3.05) is 7.05 Å². The molecule has 0 radical (unpaired) electrons. The van der Waals surface area contributed by atoms with Gasteiger partial charge in [0.25, 0.3) is 0 Å². The molecule has 0 aliphatic rings. The van der Waals surface area contributed by atoms with Crippen LogP contribution in [0.5, 0.6) is 0 Å². The molecule has 84 valence electrons. The third kappa shape index (κ3) is 3.87. The molecule has 0 aromatic carbocycles. The summed E-state index contributed by atoms with van der Waals surface area (Å²) in [4.78, 5) is 3.97. The number of hydrogen-bond acceptors (Lipinski definition) is 2. The second-order valence-corrected chi connectivity index (χ2v) is 3.39. The third-order valence-electron chi connectivity index (χ3n) is 2.12. The van der Waals surface area contributed by atoms with Crippen molar-refractivity contribution in [2.45, 2.75) is 25.6 Å². The lowest BCUT2D eigenvalue weighted by molar-refractivity contribution is -0.140. The maximum Gasteiger partial charge on any atom is 0.390 e. The summed E-state index contributed by atoms with van der Waals surface area (Å²) in [5.74, 6) is 0. The number of aromatic nitrogens is 1. The summed E-state index contributed by atoms with van der Waals surface area (Å²) < 4.78 is 36.6. The van der Waals surface area contributed by atoms with Crippen molar-refractivity contribution < 1.29 is 13.2 Å². The van der Waals surface area contributed by atoms with E-state index in [1.807, 2.05) is 0 Å². The molecule has 5 heteroatoms. The number of alkyl halides is 3. The van der Waals surface area contributed by atoms with Gasteiger partial charge < -0.3 is 5.32 Å². The maximum absolute atomic E-state index is 12.2. The van der Waals surface area contributed by atoms with Crippen LogP contribution in [0.15, 0.2) is 18.3 Å². The Morgan fingerprint density at radius 1 is 1.40 bits per heavy atom. The summed E-state index contributed by atoms with van der Waals surface area (Å²) in [6.45, 7) is 1.79. The second kappa shape index (κ2) is 4.61. The van der Waals surface area contributed by atoms with E-state index in [9.17, 15) is 13.2 Å². The molecule has 15 heavy (non-hydrogen) atoms. The minimum atomic E-state index is -4.17. The fraction of sp³-hybridized carbons (Fsp3) is 0.500. The van der Waals surface area contributed by atoms with E-state index in [0.29, 0.717) is 5.56 Å². The number of halogens is 3. The zero-order valence-corrected chi connectivity index (χ0v) is 8.60. The average molecular weight is 218 g/mol. The number of hydrogen-bond donors (Lipinski definition) is 1. The first-order valence-corrected chi connectivity index (χ1v) is 4.59. The predicted octanol–water partition coefficient (Wildman–Crippen LogP) is 2.60. The monoisotopic (exact) mass is 218 g/mol. The van der Waals surface area contributed by atoms with E-state index in [0.717, 1.165) is 5.69 Å². The largest absolute Gasteiger partial charge is 0.390 e. The first kappa shape index (κ1) is 12.0. The smallest absolute Gasteiger partial charge is 0.313 e. The predicted molar refractivity (Wildman–Crippen MR) is 51.4 cm³/mol. The van der Waals surface area contributed by atoms with Gasteiger partial charge in [0.1, 0.15) is 0 Å². The van der Waals surface area contributed by atoms with E-state index in [-0.39, 0.29) is 0 Å². The van der Waals surface area contributed by atoms with E-state index in [1.165, 1.54) is 13.2 Å². The van der Waals surface area contributed by atoms with Crippen molar-refractivity contribution >= 4 is 0 Å². The van der Waals surface area contributed by atoms with E-state index in [2.05, 4.69) is 10.3 Å². The molecule has 0 spiro atoms. The molecule has 1 aromatic rings. The van der Waals surface area contributed by atoms with E-state index in [4.69, 9.17) is 0 Å². The fourth-order valence-electron chi connectivity index (χ4n) is 1.30. The van der Waals surface area contributed by atoms with Crippen LogP contribution in [0.4, 0.5) is 13.2 Å². The van der Waals surface area contributed by atoms with Gasteiger partial charge in [0, 0.05) is 17.9 Å². The SMILES string of the molecule is CNC(CC(F)(F)F)c1ccc(C)nc1. The highest BCUT2D eigenvalue weighted by atomic mass is 19.4. The van der Waals surface area contributed by atoms with Crippen LogP contribution in [0.25, 0.3) is 0 Å². The second-order valence-electron chi connectivity index (χ2n) is 3.39. The Kier molecular flexibility index (Phi) is 3.68. The molecule has 0 bridgehead atoms. The van der Waals surface area contributed by atoms with Crippen LogP contribution >= 0.6 is 0 Å². The summed E-state index contributed by atoms with van der Waals surface area (Å²) >= 11 is 0. The van der Waals surface area contributed by atoms with Crippen LogP contribution in [0.3, 0.4) is 0 Å². The molecular formula is C10H13F3N2. The van der Waals surface area contributed by atoms with Gasteiger partial charge in [-0.2, -0.15) is 13.2 Å². The summed E-state index contributed by atoms with van der Waals surface area (Å²) in [6, 6.07) is 2.64. The Bertz CT molecular complexity index is 305. The van der Waals surface area contributed by atoms with E-state index >= 15 is 0 Å². The van der Waals surface area contributed by atoms with Crippen molar-refractivity contribution in [3.05, 3.63) is 29.6 Å². The Morgan fingerprint density at radius 2 is 2.07 bits per heavy atom. The highest BCUT2D eigenvalue weighted by molar-refractivity contribution is 5.17. The van der Waals surface area contributed by atoms with Crippen molar-refractivity contribution in [1.29, 1.82) is 0 Å². The summed E-state index contributed by atoms with van der Waals surface area (Å²) in [6.07, 6.45) is -3.57. The molecule has 0 saturated carbocycles. The molecule has 1 unspecified atom stereocenters. The highest BCUT2D eigenvalue weighted by Crippen LogP contribution is 2.28. The van der Waals surface area contributed by atoms with Crippen molar-refractivity contribution in [2.24, 2.45) is 0 Å². The van der Waals surface area contributed by atoms with E-state index < -0.39 is 18.6 Å². The minimum absolute atomic E-state index is 0.556. The molecule has 0 aliphatic carbocycles. The molecule has 1 N–H and O–H groups in total. The molecule has 0 aliphatic heterocycles. The van der Waals surface area contributed by atoms with E-state index in [1.54, 1.807) is 19.1 Å². The molecule has 2 nitrogen and oxygen atoms in total. The maximum atomic E-state index is 12.2. The lowest BCUT2D eigenvalue weighted by Gasteiger charge is -2.18. The molecular weight excluding hydrogens is 205 g/mol. The van der Waals surface area contributed by atoms with Crippen LogP contribution in [0, 0.1) is 6.92 Å². The number of rotatable bonds is 3. The first-order valence-electron chi connectivity index (χ1n) is 4.59. The number of pyridine rings is 1. The van der Waals surface area contributed by atoms with Gasteiger partial charge in [-0.3, -0.25) is 4.98 Å². The number of aryl methyl sites for hydroxylation is 1. The quantitative estimate of drug-likeness (QED) is 0.843. The van der Waals surface area contributed by atoms with Gasteiger partial charge in [-0.05, 0) is 25.6 Å².